The average Bonchev–Trinajstić information content (AvgIpc) is 2.83. The molecule has 2 N–H and O–H groups in total. The topological polar surface area (TPSA) is 75.6 Å². The molecular formula is C14H21N5O. The Morgan fingerprint density at radius 1 is 1.20 bits per heavy atom. The number of aromatic amines is 1. The summed E-state index contributed by atoms with van der Waals surface area (Å²) in [6, 6.07) is 0.261. The molecule has 1 amide bonds. The molecule has 0 unspecified atom stereocenters. The van der Waals surface area contributed by atoms with Crippen molar-refractivity contribution in [3.8, 4) is 0 Å². The highest BCUT2D eigenvalue weighted by Gasteiger charge is 2.20. The summed E-state index contributed by atoms with van der Waals surface area (Å²) in [6.45, 7) is 11.6. The molecule has 0 aliphatic carbocycles. The van der Waals surface area contributed by atoms with Gasteiger partial charge < -0.3 is 5.32 Å². The number of nitrogens with zero attached hydrogens (tertiary/aromatic N) is 3. The van der Waals surface area contributed by atoms with Gasteiger partial charge in [0.2, 0.25) is 0 Å². The van der Waals surface area contributed by atoms with Gasteiger partial charge in [-0.1, -0.05) is 0 Å². The van der Waals surface area contributed by atoms with E-state index >= 15 is 0 Å². The predicted octanol–water partition coefficient (Wildman–Crippen LogP) is 2.67. The third-order valence-corrected chi connectivity index (χ3v) is 3.41. The number of nitrogens with one attached hydrogen (secondary N) is 2. The highest BCUT2D eigenvalue weighted by Crippen LogP contribution is 2.23. The van der Waals surface area contributed by atoms with Crippen LogP contribution in [0.3, 0.4) is 0 Å². The van der Waals surface area contributed by atoms with Gasteiger partial charge in [0.15, 0.2) is 0 Å². The number of aryl methyl sites for hydroxylation is 3. The van der Waals surface area contributed by atoms with Gasteiger partial charge in [0.1, 0.15) is 0 Å². The molecule has 0 fully saturated rings. The average molecular weight is 275 g/mol. The number of anilines is 1. The molecule has 2 aromatic rings. The number of carbonyl (C=O) groups excluding carboxylic acids is 1. The van der Waals surface area contributed by atoms with Gasteiger partial charge >= 0.3 is 0 Å². The quantitative estimate of drug-likeness (QED) is 0.904. The number of hydrogen-bond acceptors (Lipinski definition) is 3. The van der Waals surface area contributed by atoms with Crippen LogP contribution in [0.5, 0.6) is 0 Å². The van der Waals surface area contributed by atoms with Crippen molar-refractivity contribution in [2.24, 2.45) is 0 Å². The summed E-state index contributed by atoms with van der Waals surface area (Å²) in [5.74, 6) is -0.150. The van der Waals surface area contributed by atoms with Crippen LogP contribution < -0.4 is 5.32 Å². The van der Waals surface area contributed by atoms with Gasteiger partial charge in [-0.15, -0.1) is 0 Å². The minimum atomic E-state index is -0.150. The standard InChI is InChI=1S/C14H21N5O/c1-7(2)19-11(6)13(10(5)18-19)15-14(20)12-8(3)16-17-9(12)4/h7H,1-6H3,(H,15,20)(H,16,17). The van der Waals surface area contributed by atoms with E-state index < -0.39 is 0 Å². The summed E-state index contributed by atoms with van der Waals surface area (Å²) in [7, 11) is 0. The van der Waals surface area contributed by atoms with Crippen LogP contribution in [0.2, 0.25) is 0 Å². The second-order valence-corrected chi connectivity index (χ2v) is 5.35. The zero-order valence-corrected chi connectivity index (χ0v) is 12.8. The molecule has 0 aliphatic heterocycles. The molecule has 0 atom stereocenters. The van der Waals surface area contributed by atoms with Crippen LogP contribution in [0.1, 0.15) is 53.0 Å². The molecule has 6 heteroatoms. The predicted molar refractivity (Wildman–Crippen MR) is 78.1 cm³/mol. The molecular weight excluding hydrogens is 254 g/mol. The molecule has 0 saturated heterocycles. The van der Waals surface area contributed by atoms with Crippen molar-refractivity contribution in [2.45, 2.75) is 47.6 Å². The van der Waals surface area contributed by atoms with Crippen molar-refractivity contribution in [2.75, 3.05) is 5.32 Å². The highest BCUT2D eigenvalue weighted by atomic mass is 16.1. The molecule has 6 nitrogen and oxygen atoms in total. The molecule has 0 radical (unpaired) electrons. The van der Waals surface area contributed by atoms with Gasteiger partial charge in [0.25, 0.3) is 5.91 Å². The number of rotatable bonds is 3. The van der Waals surface area contributed by atoms with Gasteiger partial charge in [-0.2, -0.15) is 10.2 Å². The Balaban J connectivity index is 2.34. The largest absolute Gasteiger partial charge is 0.319 e. The third-order valence-electron chi connectivity index (χ3n) is 3.41. The first-order valence-electron chi connectivity index (χ1n) is 6.71. The van der Waals surface area contributed by atoms with Crippen LogP contribution in [0.25, 0.3) is 0 Å². The van der Waals surface area contributed by atoms with Gasteiger partial charge in [0.05, 0.1) is 28.3 Å². The molecule has 0 spiro atoms. The Labute approximate surface area is 118 Å². The van der Waals surface area contributed by atoms with E-state index in [1.165, 1.54) is 0 Å². The zero-order valence-electron chi connectivity index (χ0n) is 12.8. The number of hydrogen-bond donors (Lipinski definition) is 2. The molecule has 0 aliphatic rings. The summed E-state index contributed by atoms with van der Waals surface area (Å²) < 4.78 is 1.92. The molecule has 2 rings (SSSR count). The Kier molecular flexibility index (Phi) is 3.65. The van der Waals surface area contributed by atoms with E-state index in [1.807, 2.05) is 32.4 Å². The maximum Gasteiger partial charge on any atom is 0.259 e. The first-order chi connectivity index (χ1) is 9.32. The SMILES string of the molecule is Cc1nn(C(C)C)c(C)c1NC(=O)c1c(C)n[nH]c1C. The van der Waals surface area contributed by atoms with Crippen molar-refractivity contribution in [3.63, 3.8) is 0 Å². The van der Waals surface area contributed by atoms with Crippen LogP contribution in [0.15, 0.2) is 0 Å². The summed E-state index contributed by atoms with van der Waals surface area (Å²) in [5, 5.41) is 14.3. The Morgan fingerprint density at radius 2 is 1.85 bits per heavy atom. The van der Waals surface area contributed by atoms with Gasteiger partial charge in [-0.25, -0.2) is 0 Å². The van der Waals surface area contributed by atoms with Crippen molar-refractivity contribution < 1.29 is 4.79 Å². The maximum atomic E-state index is 12.4. The van der Waals surface area contributed by atoms with Crippen molar-refractivity contribution >= 4 is 11.6 Å². The smallest absolute Gasteiger partial charge is 0.259 e. The lowest BCUT2D eigenvalue weighted by molar-refractivity contribution is 0.102. The minimum absolute atomic E-state index is 0.150. The van der Waals surface area contributed by atoms with E-state index in [9.17, 15) is 4.79 Å². The van der Waals surface area contributed by atoms with Crippen LogP contribution in [-0.4, -0.2) is 25.9 Å². The Morgan fingerprint density at radius 3 is 2.30 bits per heavy atom. The van der Waals surface area contributed by atoms with Crippen molar-refractivity contribution in [1.29, 1.82) is 0 Å². The van der Waals surface area contributed by atoms with Gasteiger partial charge in [0, 0.05) is 11.7 Å². The van der Waals surface area contributed by atoms with Crippen LogP contribution in [0.4, 0.5) is 5.69 Å². The van der Waals surface area contributed by atoms with Gasteiger partial charge in [-0.3, -0.25) is 14.6 Å². The summed E-state index contributed by atoms with van der Waals surface area (Å²) in [6.07, 6.45) is 0. The molecule has 0 aromatic carbocycles. The first-order valence-corrected chi connectivity index (χ1v) is 6.71. The van der Waals surface area contributed by atoms with E-state index in [2.05, 4.69) is 34.5 Å². The lowest BCUT2D eigenvalue weighted by Gasteiger charge is -2.09. The summed E-state index contributed by atoms with van der Waals surface area (Å²) in [5.41, 5.74) is 4.64. The molecule has 108 valence electrons. The third kappa shape index (κ3) is 2.33. The second kappa shape index (κ2) is 5.11. The highest BCUT2D eigenvalue weighted by molar-refractivity contribution is 6.06. The Hall–Kier alpha value is -2.11. The molecule has 20 heavy (non-hydrogen) atoms. The molecule has 2 aromatic heterocycles. The monoisotopic (exact) mass is 275 g/mol. The number of H-pyrrole nitrogens is 1. The fourth-order valence-corrected chi connectivity index (χ4v) is 2.41. The van der Waals surface area contributed by atoms with Crippen molar-refractivity contribution in [3.05, 3.63) is 28.3 Å². The number of carbonyl (C=O) groups is 1. The van der Waals surface area contributed by atoms with Gasteiger partial charge in [-0.05, 0) is 41.5 Å². The van der Waals surface area contributed by atoms with E-state index in [4.69, 9.17) is 0 Å². The minimum Gasteiger partial charge on any atom is -0.319 e. The fourth-order valence-electron chi connectivity index (χ4n) is 2.41. The first kappa shape index (κ1) is 14.3. The van der Waals surface area contributed by atoms with Crippen LogP contribution >= 0.6 is 0 Å². The second-order valence-electron chi connectivity index (χ2n) is 5.35. The lowest BCUT2D eigenvalue weighted by Crippen LogP contribution is -2.15. The number of aromatic nitrogens is 4. The van der Waals surface area contributed by atoms with Crippen LogP contribution in [-0.2, 0) is 0 Å². The summed E-state index contributed by atoms with van der Waals surface area (Å²) >= 11 is 0. The number of amides is 1. The molecule has 0 saturated carbocycles. The van der Waals surface area contributed by atoms with E-state index in [0.29, 0.717) is 11.3 Å². The van der Waals surface area contributed by atoms with Crippen molar-refractivity contribution in [1.82, 2.24) is 20.0 Å². The van der Waals surface area contributed by atoms with E-state index in [-0.39, 0.29) is 11.9 Å². The summed E-state index contributed by atoms with van der Waals surface area (Å²) in [4.78, 5) is 12.4. The lowest BCUT2D eigenvalue weighted by atomic mass is 10.2. The molecule has 0 bridgehead atoms. The van der Waals surface area contributed by atoms with E-state index in [0.717, 1.165) is 22.8 Å². The fraction of sp³-hybridized carbons (Fsp3) is 0.500. The van der Waals surface area contributed by atoms with E-state index in [1.54, 1.807) is 0 Å². The Bertz CT molecular complexity index is 631. The maximum absolute atomic E-state index is 12.4. The van der Waals surface area contributed by atoms with Crippen LogP contribution in [0, 0.1) is 27.7 Å². The normalized spacial score (nSPS) is 11.2. The zero-order chi connectivity index (χ0) is 15.0. The molecule has 2 heterocycles.